The molecule has 0 bridgehead atoms. The number of hydrogen-bond donors (Lipinski definition) is 3. The van der Waals surface area contributed by atoms with Gasteiger partial charge in [-0.25, -0.2) is 4.79 Å². The van der Waals surface area contributed by atoms with Crippen molar-refractivity contribution >= 4 is 6.09 Å². The van der Waals surface area contributed by atoms with Gasteiger partial charge in [-0.15, -0.1) is 0 Å². The Morgan fingerprint density at radius 3 is 2.37 bits per heavy atom. The van der Waals surface area contributed by atoms with Crippen LogP contribution < -0.4 is 5.32 Å². The fourth-order valence-corrected chi connectivity index (χ4v) is 9.42. The summed E-state index contributed by atoms with van der Waals surface area (Å²) in [6.07, 6.45) is 10.2. The van der Waals surface area contributed by atoms with Crippen LogP contribution in [-0.2, 0) is 4.74 Å². The molecule has 0 aromatic carbocycles. The molecule has 0 saturated heterocycles. The Hall–Kier alpha value is -0.810. The third-order valence-corrected chi connectivity index (χ3v) is 11.3. The van der Waals surface area contributed by atoms with Crippen molar-refractivity contribution in [3.05, 3.63) is 0 Å². The monoisotopic (exact) mass is 491 g/mol. The molecule has 4 fully saturated rings. The van der Waals surface area contributed by atoms with E-state index >= 15 is 0 Å². The van der Waals surface area contributed by atoms with Gasteiger partial charge in [-0.1, -0.05) is 48.0 Å². The lowest BCUT2D eigenvalue weighted by atomic mass is 9.41. The highest BCUT2D eigenvalue weighted by Crippen LogP contribution is 2.69. The summed E-state index contributed by atoms with van der Waals surface area (Å²) in [7, 11) is 0. The molecule has 0 radical (unpaired) electrons. The number of rotatable bonds is 6. The summed E-state index contributed by atoms with van der Waals surface area (Å²) in [4.78, 5) is 12.0. The topological polar surface area (TPSA) is 78.8 Å². The quantitative estimate of drug-likeness (QED) is 0.389. The van der Waals surface area contributed by atoms with Crippen molar-refractivity contribution in [1.82, 2.24) is 5.32 Å². The Morgan fingerprint density at radius 2 is 1.69 bits per heavy atom. The first-order valence-corrected chi connectivity index (χ1v) is 14.7. The minimum absolute atomic E-state index is 0.0559. The van der Waals surface area contributed by atoms with Crippen molar-refractivity contribution in [1.29, 1.82) is 0 Å². The summed E-state index contributed by atoms with van der Waals surface area (Å²) < 4.78 is 5.47. The number of alkyl carbamates (subject to hydrolysis) is 1. The Bertz CT molecular complexity index is 749. The highest BCUT2D eigenvalue weighted by atomic mass is 16.5. The van der Waals surface area contributed by atoms with E-state index in [1.165, 1.54) is 25.7 Å². The fourth-order valence-electron chi connectivity index (χ4n) is 9.42. The first-order valence-electron chi connectivity index (χ1n) is 14.7. The predicted molar refractivity (Wildman–Crippen MR) is 140 cm³/mol. The number of ether oxygens (including phenoxy) is 1. The third kappa shape index (κ3) is 5.15. The minimum Gasteiger partial charge on any atom is -0.450 e. The lowest BCUT2D eigenvalue weighted by Crippen LogP contribution is -2.62. The summed E-state index contributed by atoms with van der Waals surface area (Å²) in [5.41, 5.74) is 0.601. The normalized spacial score (nSPS) is 45.3. The number of fused-ring (bicyclic) bond motifs is 5. The van der Waals surface area contributed by atoms with Crippen LogP contribution in [0.4, 0.5) is 4.79 Å². The van der Waals surface area contributed by atoms with Gasteiger partial charge in [0.15, 0.2) is 0 Å². The molecule has 202 valence electrons. The fraction of sp³-hybridized carbons (Fsp3) is 0.967. The summed E-state index contributed by atoms with van der Waals surface area (Å²) in [6, 6.07) is 0. The van der Waals surface area contributed by atoms with Crippen LogP contribution in [0.5, 0.6) is 0 Å². The first kappa shape index (κ1) is 27.2. The summed E-state index contributed by atoms with van der Waals surface area (Å²) >= 11 is 0. The van der Waals surface area contributed by atoms with Crippen LogP contribution >= 0.6 is 0 Å². The average molecular weight is 492 g/mol. The van der Waals surface area contributed by atoms with E-state index in [1.807, 2.05) is 0 Å². The van der Waals surface area contributed by atoms with E-state index in [0.717, 1.165) is 38.5 Å². The number of aliphatic hydroxyl groups is 2. The zero-order valence-corrected chi connectivity index (χ0v) is 23.3. The van der Waals surface area contributed by atoms with Crippen LogP contribution in [-0.4, -0.2) is 41.7 Å². The van der Waals surface area contributed by atoms with Gasteiger partial charge in [-0.05, 0) is 110 Å². The molecule has 0 spiro atoms. The predicted octanol–water partition coefficient (Wildman–Crippen LogP) is 6.17. The molecule has 3 N–H and O–H groups in total. The molecule has 1 amide bonds. The Labute approximate surface area is 214 Å². The number of nitrogens with one attached hydrogen (secondary N) is 1. The summed E-state index contributed by atoms with van der Waals surface area (Å²) in [5.74, 6) is 3.01. The molecule has 4 aliphatic carbocycles. The van der Waals surface area contributed by atoms with Gasteiger partial charge in [-0.2, -0.15) is 0 Å². The molecule has 0 unspecified atom stereocenters. The smallest absolute Gasteiger partial charge is 0.407 e. The van der Waals surface area contributed by atoms with Crippen LogP contribution in [0.25, 0.3) is 0 Å². The molecule has 0 heterocycles. The van der Waals surface area contributed by atoms with E-state index in [4.69, 9.17) is 4.74 Å². The van der Waals surface area contributed by atoms with Crippen molar-refractivity contribution in [3.63, 3.8) is 0 Å². The number of aliphatic hydroxyl groups excluding tert-OH is 2. The molecule has 4 saturated carbocycles. The van der Waals surface area contributed by atoms with Gasteiger partial charge in [0.25, 0.3) is 0 Å². The van der Waals surface area contributed by atoms with Gasteiger partial charge in [0.05, 0.1) is 18.8 Å². The molecule has 0 aromatic rings. The zero-order valence-electron chi connectivity index (χ0n) is 23.3. The maximum atomic E-state index is 12.0. The molecule has 4 rings (SSSR count). The Kier molecular flexibility index (Phi) is 7.90. The number of carbonyl (C=O) groups excluding carboxylic acids is 1. The van der Waals surface area contributed by atoms with Gasteiger partial charge in [0, 0.05) is 6.54 Å². The van der Waals surface area contributed by atoms with Crippen molar-refractivity contribution in [2.75, 3.05) is 13.2 Å². The number of amides is 1. The van der Waals surface area contributed by atoms with Crippen molar-refractivity contribution in [3.8, 4) is 0 Å². The molecule has 5 nitrogen and oxygen atoms in total. The largest absolute Gasteiger partial charge is 0.450 e. The lowest BCUT2D eigenvalue weighted by Gasteiger charge is -2.64. The zero-order chi connectivity index (χ0) is 25.6. The molecule has 5 heteroatoms. The lowest BCUT2D eigenvalue weighted by molar-refractivity contribution is -0.202. The van der Waals surface area contributed by atoms with E-state index in [1.54, 1.807) is 0 Å². The Balaban J connectivity index is 1.38. The van der Waals surface area contributed by atoms with Crippen LogP contribution in [0, 0.1) is 51.8 Å². The molecular weight excluding hydrogens is 438 g/mol. The van der Waals surface area contributed by atoms with Crippen LogP contribution in [0.15, 0.2) is 0 Å². The third-order valence-electron chi connectivity index (χ3n) is 11.3. The highest BCUT2D eigenvalue weighted by molar-refractivity contribution is 5.67. The molecule has 0 aromatic heterocycles. The molecule has 0 aliphatic heterocycles. The maximum Gasteiger partial charge on any atom is 0.407 e. The van der Waals surface area contributed by atoms with Crippen LogP contribution in [0.2, 0.25) is 0 Å². The first-order chi connectivity index (χ1) is 16.4. The van der Waals surface area contributed by atoms with Crippen LogP contribution in [0.3, 0.4) is 0 Å². The van der Waals surface area contributed by atoms with Crippen molar-refractivity contribution < 1.29 is 19.7 Å². The molecule has 35 heavy (non-hydrogen) atoms. The minimum atomic E-state index is -0.299. The van der Waals surface area contributed by atoms with E-state index in [-0.39, 0.29) is 34.5 Å². The van der Waals surface area contributed by atoms with Gasteiger partial charge in [0.2, 0.25) is 0 Å². The summed E-state index contributed by atoms with van der Waals surface area (Å²) in [6.45, 7) is 14.7. The van der Waals surface area contributed by atoms with Crippen molar-refractivity contribution in [2.45, 2.75) is 118 Å². The molecule has 10 atom stereocenters. The standard InChI is InChI=1S/C30H53NO4/c1-7-21-24-17-20(32)12-14-30(24,6)23-13-15-29(5)19(10-11-22(29)25(23)26(21)33)9-8-16-35-27(34)31-18-28(2,3)4/h19-26,32-33H,7-18H2,1-6H3,(H,31,34)/t19-,20+,21+,22-,23-,24-,25-,26+,29+,30+/m0/s1. The van der Waals surface area contributed by atoms with Gasteiger partial charge >= 0.3 is 6.09 Å². The van der Waals surface area contributed by atoms with Crippen LogP contribution in [0.1, 0.15) is 106 Å². The van der Waals surface area contributed by atoms with Crippen molar-refractivity contribution in [2.24, 2.45) is 51.8 Å². The van der Waals surface area contributed by atoms with Gasteiger partial charge in [0.1, 0.15) is 0 Å². The maximum absolute atomic E-state index is 12.0. The molecular formula is C30H53NO4. The van der Waals surface area contributed by atoms with Gasteiger partial charge < -0.3 is 20.3 Å². The molecule has 4 aliphatic rings. The number of hydrogen-bond acceptors (Lipinski definition) is 4. The van der Waals surface area contributed by atoms with E-state index in [2.05, 4.69) is 46.9 Å². The average Bonchev–Trinajstić information content (AvgIpc) is 3.12. The van der Waals surface area contributed by atoms with E-state index in [0.29, 0.717) is 48.7 Å². The second-order valence-electron chi connectivity index (χ2n) is 14.4. The van der Waals surface area contributed by atoms with E-state index < -0.39 is 0 Å². The van der Waals surface area contributed by atoms with E-state index in [9.17, 15) is 15.0 Å². The highest BCUT2D eigenvalue weighted by Gasteiger charge is 2.64. The Morgan fingerprint density at radius 1 is 1.00 bits per heavy atom. The SMILES string of the molecule is CC[C@H]1[C@@H](O)[C@@H]2[C@H](CC[C@]3(C)[C@@H](CCCOC(=O)NCC(C)(C)C)CC[C@@H]23)[C@@]2(C)CC[C@@H](O)C[C@@H]12. The second-order valence-corrected chi connectivity index (χ2v) is 14.4. The number of carbonyl (C=O) groups is 1. The second kappa shape index (κ2) is 10.2. The summed E-state index contributed by atoms with van der Waals surface area (Å²) in [5, 5.41) is 25.1. The van der Waals surface area contributed by atoms with Gasteiger partial charge in [-0.3, -0.25) is 0 Å².